The number of amides is 2. The van der Waals surface area contributed by atoms with Gasteiger partial charge in [0.05, 0.1) is 11.9 Å². The third kappa shape index (κ3) is 3.91. The molecular formula is C26H31N5O. The number of rotatable bonds is 5. The lowest BCUT2D eigenvalue weighted by Gasteiger charge is -2.36. The number of carbonyl (C=O) groups is 1. The van der Waals surface area contributed by atoms with Crippen molar-refractivity contribution < 1.29 is 4.79 Å². The van der Waals surface area contributed by atoms with Crippen molar-refractivity contribution in [1.29, 1.82) is 0 Å². The topological polar surface area (TPSA) is 62.2 Å². The van der Waals surface area contributed by atoms with Crippen LogP contribution in [0.5, 0.6) is 0 Å². The molecule has 1 unspecified atom stereocenters. The molecule has 166 valence electrons. The highest BCUT2D eigenvalue weighted by Crippen LogP contribution is 2.41. The van der Waals surface area contributed by atoms with Gasteiger partial charge in [-0.15, -0.1) is 0 Å². The van der Waals surface area contributed by atoms with Crippen LogP contribution < -0.4 is 15.5 Å². The fourth-order valence-corrected chi connectivity index (χ4v) is 4.99. The summed E-state index contributed by atoms with van der Waals surface area (Å²) in [6.07, 6.45) is 4.14. The first kappa shape index (κ1) is 20.8. The maximum atomic E-state index is 11.9. The van der Waals surface area contributed by atoms with Crippen molar-refractivity contribution in [2.24, 2.45) is 5.41 Å². The van der Waals surface area contributed by atoms with E-state index in [4.69, 9.17) is 5.10 Å². The highest BCUT2D eigenvalue weighted by molar-refractivity contribution is 5.93. The number of benzene rings is 2. The van der Waals surface area contributed by atoms with Crippen LogP contribution in [0, 0.1) is 12.3 Å². The summed E-state index contributed by atoms with van der Waals surface area (Å²) in [6, 6.07) is 17.0. The normalized spacial score (nSPS) is 19.7. The summed E-state index contributed by atoms with van der Waals surface area (Å²) in [7, 11) is 0. The molecule has 2 N–H and O–H groups in total. The molecule has 6 heteroatoms. The molecule has 2 heterocycles. The van der Waals surface area contributed by atoms with E-state index in [1.807, 2.05) is 18.3 Å². The number of aryl methyl sites for hydroxylation is 1. The Morgan fingerprint density at radius 3 is 2.66 bits per heavy atom. The predicted octanol–water partition coefficient (Wildman–Crippen LogP) is 4.51. The Balaban J connectivity index is 1.35. The van der Waals surface area contributed by atoms with Crippen LogP contribution in [0.4, 0.5) is 10.5 Å². The van der Waals surface area contributed by atoms with Crippen LogP contribution in [0.2, 0.25) is 0 Å². The van der Waals surface area contributed by atoms with E-state index in [1.165, 1.54) is 22.4 Å². The zero-order valence-corrected chi connectivity index (χ0v) is 19.1. The van der Waals surface area contributed by atoms with Crippen molar-refractivity contribution in [3.05, 3.63) is 77.1 Å². The number of para-hydroxylation sites is 1. The van der Waals surface area contributed by atoms with Crippen LogP contribution in [0.3, 0.4) is 0 Å². The first-order valence-electron chi connectivity index (χ1n) is 11.4. The minimum atomic E-state index is -0.0153. The van der Waals surface area contributed by atoms with Gasteiger partial charge in [0.15, 0.2) is 0 Å². The van der Waals surface area contributed by atoms with E-state index in [2.05, 4.69) is 72.5 Å². The molecule has 0 radical (unpaired) electrons. The Hall–Kier alpha value is -3.12. The van der Waals surface area contributed by atoms with Crippen molar-refractivity contribution in [2.75, 3.05) is 18.0 Å². The summed E-state index contributed by atoms with van der Waals surface area (Å²) in [5.41, 5.74) is 7.36. The zero-order valence-electron chi connectivity index (χ0n) is 19.1. The second kappa shape index (κ2) is 8.10. The van der Waals surface area contributed by atoms with Gasteiger partial charge in [-0.25, -0.2) is 9.48 Å². The van der Waals surface area contributed by atoms with Crippen LogP contribution in [-0.2, 0) is 13.0 Å². The zero-order chi connectivity index (χ0) is 22.3. The van der Waals surface area contributed by atoms with Gasteiger partial charge >= 0.3 is 6.03 Å². The Labute approximate surface area is 189 Å². The van der Waals surface area contributed by atoms with Crippen molar-refractivity contribution in [3.8, 4) is 5.69 Å². The Kier molecular flexibility index (Phi) is 5.25. The largest absolute Gasteiger partial charge is 0.336 e. The third-order valence-electron chi connectivity index (χ3n) is 6.68. The summed E-state index contributed by atoms with van der Waals surface area (Å²) >= 11 is 0. The number of nitrogens with one attached hydrogen (secondary N) is 2. The summed E-state index contributed by atoms with van der Waals surface area (Å²) in [4.78, 5) is 13.7. The smallest absolute Gasteiger partial charge is 0.321 e. The van der Waals surface area contributed by atoms with Crippen LogP contribution in [-0.4, -0.2) is 28.9 Å². The molecule has 1 fully saturated rings. The van der Waals surface area contributed by atoms with Crippen molar-refractivity contribution in [3.63, 3.8) is 0 Å². The molecule has 2 aliphatic rings. The van der Waals surface area contributed by atoms with Gasteiger partial charge in [-0.2, -0.15) is 5.10 Å². The Morgan fingerprint density at radius 1 is 1.16 bits per heavy atom. The molecule has 2 aromatic carbocycles. The molecule has 2 amide bonds. The first-order valence-corrected chi connectivity index (χ1v) is 11.4. The fraction of sp³-hybridized carbons (Fsp3) is 0.385. The van der Waals surface area contributed by atoms with Crippen LogP contribution in [0.25, 0.3) is 5.69 Å². The van der Waals surface area contributed by atoms with Crippen molar-refractivity contribution in [1.82, 2.24) is 20.4 Å². The fourth-order valence-electron chi connectivity index (χ4n) is 4.99. The second-order valence-electron chi connectivity index (χ2n) is 9.77. The van der Waals surface area contributed by atoms with Crippen LogP contribution in [0.15, 0.2) is 54.7 Å². The maximum absolute atomic E-state index is 11.9. The molecule has 6 nitrogen and oxygen atoms in total. The van der Waals surface area contributed by atoms with E-state index in [-0.39, 0.29) is 17.5 Å². The number of aromatic nitrogens is 2. The molecule has 3 aromatic rings. The van der Waals surface area contributed by atoms with E-state index in [9.17, 15) is 4.79 Å². The Morgan fingerprint density at radius 2 is 1.94 bits per heavy atom. The van der Waals surface area contributed by atoms with Gasteiger partial charge in [0.2, 0.25) is 0 Å². The number of nitrogens with zero attached hydrogens (tertiary/aromatic N) is 3. The predicted molar refractivity (Wildman–Crippen MR) is 127 cm³/mol. The molecular weight excluding hydrogens is 398 g/mol. The summed E-state index contributed by atoms with van der Waals surface area (Å²) in [5.74, 6) is 0. The van der Waals surface area contributed by atoms with E-state index >= 15 is 0 Å². The van der Waals surface area contributed by atoms with Gasteiger partial charge < -0.3 is 10.6 Å². The van der Waals surface area contributed by atoms with Crippen molar-refractivity contribution in [2.45, 2.75) is 46.2 Å². The molecule has 1 aliphatic heterocycles. The monoisotopic (exact) mass is 429 g/mol. The van der Waals surface area contributed by atoms with E-state index in [1.54, 1.807) is 4.90 Å². The number of hydrogen-bond donors (Lipinski definition) is 2. The average molecular weight is 430 g/mol. The van der Waals surface area contributed by atoms with Crippen molar-refractivity contribution >= 4 is 11.7 Å². The molecule has 0 spiro atoms. The van der Waals surface area contributed by atoms with Gasteiger partial charge in [0.25, 0.3) is 0 Å². The highest BCUT2D eigenvalue weighted by atomic mass is 16.2. The first-order chi connectivity index (χ1) is 15.4. The quantitative estimate of drug-likeness (QED) is 0.627. The molecule has 0 saturated carbocycles. The summed E-state index contributed by atoms with van der Waals surface area (Å²) in [5, 5.41) is 11.4. The minimum absolute atomic E-state index is 0.0153. The van der Waals surface area contributed by atoms with Gasteiger partial charge in [-0.3, -0.25) is 4.90 Å². The van der Waals surface area contributed by atoms with E-state index in [0.29, 0.717) is 6.54 Å². The van der Waals surface area contributed by atoms with Gasteiger partial charge in [-0.1, -0.05) is 44.2 Å². The molecule has 32 heavy (non-hydrogen) atoms. The maximum Gasteiger partial charge on any atom is 0.321 e. The number of hydrogen-bond acceptors (Lipinski definition) is 3. The summed E-state index contributed by atoms with van der Waals surface area (Å²) in [6.45, 7) is 9.04. The van der Waals surface area contributed by atoms with Gasteiger partial charge in [0.1, 0.15) is 0 Å². The molecule has 5 rings (SSSR count). The lowest BCUT2D eigenvalue weighted by atomic mass is 9.74. The van der Waals surface area contributed by atoms with Crippen LogP contribution >= 0.6 is 0 Å². The summed E-state index contributed by atoms with van der Waals surface area (Å²) < 4.78 is 2.14. The number of anilines is 1. The van der Waals surface area contributed by atoms with Crippen LogP contribution in [0.1, 0.15) is 48.7 Å². The van der Waals surface area contributed by atoms with E-state index in [0.717, 1.165) is 37.3 Å². The van der Waals surface area contributed by atoms with Gasteiger partial charge in [0, 0.05) is 42.6 Å². The highest BCUT2D eigenvalue weighted by Gasteiger charge is 2.35. The molecule has 1 atom stereocenters. The number of urea groups is 1. The molecule has 0 bridgehead atoms. The Bertz CT molecular complexity index is 1130. The lowest BCUT2D eigenvalue weighted by molar-refractivity contribution is 0.252. The lowest BCUT2D eigenvalue weighted by Crippen LogP contribution is -2.33. The second-order valence-corrected chi connectivity index (χ2v) is 9.77. The standard InChI is InChI=1S/C26H31N5O/c1-18-6-4-5-7-23(18)31-24-15-26(2,3)14-22(21(24)17-29-31)28-16-19-8-10-20(11-9-19)30-13-12-27-25(30)32/h4-11,17,22,28H,12-16H2,1-3H3,(H,27,32). The number of fused-ring (bicyclic) bond motifs is 1. The molecule has 1 aromatic heterocycles. The number of carbonyl (C=O) groups excluding carboxylic acids is 1. The van der Waals surface area contributed by atoms with Gasteiger partial charge in [-0.05, 0) is 54.5 Å². The third-order valence-corrected chi connectivity index (χ3v) is 6.68. The minimum Gasteiger partial charge on any atom is -0.336 e. The SMILES string of the molecule is Cc1ccccc1-n1ncc2c1CC(C)(C)CC2NCc1ccc(N2CCNC2=O)cc1. The van der Waals surface area contributed by atoms with E-state index < -0.39 is 0 Å². The molecule has 1 saturated heterocycles. The molecule has 1 aliphatic carbocycles. The average Bonchev–Trinajstić information content (AvgIpc) is 3.38.